The fraction of sp³-hybridized carbons (Fsp3) is 0.556. The number of halogens is 1. The van der Waals surface area contributed by atoms with Crippen LogP contribution in [0.15, 0.2) is 10.9 Å². The molecule has 0 spiro atoms. The number of hydrogen-bond donors (Lipinski definition) is 0. The standard InChI is InChI=1S/C9H11FN2O3S2/c10-17(14,15)5-7-1-9(13)12(2-7)3-8-4-16-6-11-8/h4,6-7H,1-3,5H2. The number of carbonyl (C=O) groups is 1. The van der Waals surface area contributed by atoms with Crippen LogP contribution in [0, 0.1) is 5.92 Å². The fourth-order valence-corrected chi connectivity index (χ4v) is 3.25. The van der Waals surface area contributed by atoms with Crippen LogP contribution in [0.2, 0.25) is 0 Å². The van der Waals surface area contributed by atoms with Crippen molar-refractivity contribution in [3.63, 3.8) is 0 Å². The maximum Gasteiger partial charge on any atom is 0.302 e. The summed E-state index contributed by atoms with van der Waals surface area (Å²) in [6, 6.07) is 0. The molecule has 0 aromatic carbocycles. The van der Waals surface area contributed by atoms with E-state index in [1.807, 2.05) is 5.38 Å². The molecule has 94 valence electrons. The van der Waals surface area contributed by atoms with Gasteiger partial charge in [-0.3, -0.25) is 4.79 Å². The molecular weight excluding hydrogens is 267 g/mol. The maximum absolute atomic E-state index is 12.5. The van der Waals surface area contributed by atoms with Crippen molar-refractivity contribution in [1.29, 1.82) is 0 Å². The molecule has 1 amide bonds. The lowest BCUT2D eigenvalue weighted by molar-refractivity contribution is -0.128. The zero-order valence-corrected chi connectivity index (χ0v) is 10.5. The van der Waals surface area contributed by atoms with Gasteiger partial charge in [0.2, 0.25) is 5.91 Å². The van der Waals surface area contributed by atoms with Gasteiger partial charge in [0.15, 0.2) is 0 Å². The molecule has 5 nitrogen and oxygen atoms in total. The molecule has 1 saturated heterocycles. The Bertz CT molecular complexity index is 500. The van der Waals surface area contributed by atoms with E-state index in [0.29, 0.717) is 6.54 Å². The van der Waals surface area contributed by atoms with Crippen molar-refractivity contribution >= 4 is 27.5 Å². The molecule has 1 aliphatic heterocycles. The first-order valence-electron chi connectivity index (χ1n) is 5.01. The van der Waals surface area contributed by atoms with E-state index < -0.39 is 21.9 Å². The van der Waals surface area contributed by atoms with Gasteiger partial charge in [-0.05, 0) is 0 Å². The van der Waals surface area contributed by atoms with Crippen LogP contribution in [-0.4, -0.2) is 36.5 Å². The summed E-state index contributed by atoms with van der Waals surface area (Å²) in [4.78, 5) is 17.1. The predicted molar refractivity (Wildman–Crippen MR) is 60.5 cm³/mol. The van der Waals surface area contributed by atoms with Gasteiger partial charge >= 0.3 is 10.2 Å². The highest BCUT2D eigenvalue weighted by molar-refractivity contribution is 7.86. The van der Waals surface area contributed by atoms with Gasteiger partial charge in [0.05, 0.1) is 23.5 Å². The van der Waals surface area contributed by atoms with Gasteiger partial charge < -0.3 is 4.90 Å². The normalized spacial score (nSPS) is 21.1. The van der Waals surface area contributed by atoms with E-state index in [-0.39, 0.29) is 18.9 Å². The highest BCUT2D eigenvalue weighted by Crippen LogP contribution is 2.21. The first-order valence-corrected chi connectivity index (χ1v) is 7.51. The Hall–Kier alpha value is -1.02. The van der Waals surface area contributed by atoms with Crippen molar-refractivity contribution in [2.75, 3.05) is 12.3 Å². The van der Waals surface area contributed by atoms with Crippen LogP contribution in [0.3, 0.4) is 0 Å². The molecule has 0 N–H and O–H groups in total. The monoisotopic (exact) mass is 278 g/mol. The van der Waals surface area contributed by atoms with Crippen molar-refractivity contribution < 1.29 is 17.1 Å². The first kappa shape index (κ1) is 12.4. The van der Waals surface area contributed by atoms with Crippen LogP contribution in [0.25, 0.3) is 0 Å². The van der Waals surface area contributed by atoms with Crippen molar-refractivity contribution in [2.45, 2.75) is 13.0 Å². The molecule has 0 bridgehead atoms. The van der Waals surface area contributed by atoms with Crippen molar-refractivity contribution in [3.05, 3.63) is 16.6 Å². The van der Waals surface area contributed by atoms with E-state index in [2.05, 4.69) is 4.98 Å². The van der Waals surface area contributed by atoms with Gasteiger partial charge in [0.1, 0.15) is 0 Å². The highest BCUT2D eigenvalue weighted by Gasteiger charge is 2.32. The molecule has 1 aromatic heterocycles. The second-order valence-electron chi connectivity index (χ2n) is 4.03. The van der Waals surface area contributed by atoms with Gasteiger partial charge in [-0.25, -0.2) is 4.98 Å². The summed E-state index contributed by atoms with van der Waals surface area (Å²) in [5, 5.41) is 1.83. The predicted octanol–water partition coefficient (Wildman–Crippen LogP) is 0.791. The SMILES string of the molecule is O=C1CC(CS(=O)(=O)F)CN1Cc1cscn1. The summed E-state index contributed by atoms with van der Waals surface area (Å²) in [6.07, 6.45) is 0.0906. The Morgan fingerprint density at radius 1 is 1.59 bits per heavy atom. The minimum atomic E-state index is -4.51. The number of nitrogens with zero attached hydrogens (tertiary/aromatic N) is 2. The minimum Gasteiger partial charge on any atom is -0.336 e. The number of carbonyl (C=O) groups excluding carboxylic acids is 1. The van der Waals surface area contributed by atoms with E-state index in [1.54, 1.807) is 5.51 Å². The zero-order valence-electron chi connectivity index (χ0n) is 8.87. The van der Waals surface area contributed by atoms with Gasteiger partial charge in [-0.2, -0.15) is 8.42 Å². The molecule has 1 fully saturated rings. The summed E-state index contributed by atoms with van der Waals surface area (Å²) in [5.74, 6) is -1.17. The molecule has 17 heavy (non-hydrogen) atoms. The lowest BCUT2D eigenvalue weighted by Gasteiger charge is -2.14. The Labute approximate surface area is 102 Å². The van der Waals surface area contributed by atoms with Crippen LogP contribution in [0.4, 0.5) is 3.89 Å². The van der Waals surface area contributed by atoms with Crippen LogP contribution in [0.1, 0.15) is 12.1 Å². The Balaban J connectivity index is 1.96. The molecule has 1 aliphatic rings. The number of aromatic nitrogens is 1. The largest absolute Gasteiger partial charge is 0.336 e. The van der Waals surface area contributed by atoms with Crippen LogP contribution in [0.5, 0.6) is 0 Å². The van der Waals surface area contributed by atoms with E-state index in [9.17, 15) is 17.1 Å². The number of amides is 1. The molecule has 1 unspecified atom stereocenters. The fourth-order valence-electron chi connectivity index (χ4n) is 1.91. The third-order valence-corrected chi connectivity index (χ3v) is 4.07. The number of thiazole rings is 1. The van der Waals surface area contributed by atoms with Gasteiger partial charge in [-0.15, -0.1) is 15.2 Å². The van der Waals surface area contributed by atoms with Gasteiger partial charge in [0, 0.05) is 24.3 Å². The van der Waals surface area contributed by atoms with Crippen LogP contribution < -0.4 is 0 Å². The third kappa shape index (κ3) is 3.47. The van der Waals surface area contributed by atoms with Gasteiger partial charge in [-0.1, -0.05) is 0 Å². The smallest absolute Gasteiger partial charge is 0.302 e. The third-order valence-electron chi connectivity index (χ3n) is 2.57. The minimum absolute atomic E-state index is 0.0906. The summed E-state index contributed by atoms with van der Waals surface area (Å²) in [6.45, 7) is 0.644. The van der Waals surface area contributed by atoms with Gasteiger partial charge in [0.25, 0.3) is 0 Å². The highest BCUT2D eigenvalue weighted by atomic mass is 32.3. The second-order valence-corrected chi connectivity index (χ2v) is 6.16. The van der Waals surface area contributed by atoms with E-state index in [0.717, 1.165) is 5.69 Å². The molecule has 8 heteroatoms. The molecule has 2 rings (SSSR count). The second kappa shape index (κ2) is 4.69. The van der Waals surface area contributed by atoms with E-state index in [4.69, 9.17) is 0 Å². The summed E-state index contributed by atoms with van der Waals surface area (Å²) in [7, 11) is -4.51. The van der Waals surface area contributed by atoms with Crippen molar-refractivity contribution in [3.8, 4) is 0 Å². The summed E-state index contributed by atoms with van der Waals surface area (Å²) >= 11 is 1.43. The number of hydrogen-bond acceptors (Lipinski definition) is 5. The topological polar surface area (TPSA) is 67.3 Å². The quantitative estimate of drug-likeness (QED) is 0.764. The average molecular weight is 278 g/mol. The zero-order chi connectivity index (χ0) is 12.5. The van der Waals surface area contributed by atoms with E-state index in [1.165, 1.54) is 16.2 Å². The lowest BCUT2D eigenvalue weighted by atomic mass is 10.1. The Morgan fingerprint density at radius 3 is 2.94 bits per heavy atom. The van der Waals surface area contributed by atoms with Crippen LogP contribution >= 0.6 is 11.3 Å². The maximum atomic E-state index is 12.5. The molecular formula is C9H11FN2O3S2. The Morgan fingerprint density at radius 2 is 2.35 bits per heavy atom. The van der Waals surface area contributed by atoms with Crippen molar-refractivity contribution in [2.24, 2.45) is 5.92 Å². The molecule has 0 aliphatic carbocycles. The molecule has 2 heterocycles. The molecule has 0 saturated carbocycles. The summed E-state index contributed by atoms with van der Waals surface area (Å²) < 4.78 is 33.5. The Kier molecular flexibility index (Phi) is 3.43. The lowest BCUT2D eigenvalue weighted by Crippen LogP contribution is -2.25. The van der Waals surface area contributed by atoms with Crippen LogP contribution in [-0.2, 0) is 21.6 Å². The molecule has 0 radical (unpaired) electrons. The molecule has 1 atom stereocenters. The number of likely N-dealkylation sites (tertiary alicyclic amines) is 1. The van der Waals surface area contributed by atoms with E-state index >= 15 is 0 Å². The average Bonchev–Trinajstić information content (AvgIpc) is 2.75. The summed E-state index contributed by atoms with van der Waals surface area (Å²) in [5.41, 5.74) is 2.44. The first-order chi connectivity index (χ1) is 7.94. The molecule has 1 aromatic rings. The number of rotatable bonds is 4. The van der Waals surface area contributed by atoms with Crippen molar-refractivity contribution in [1.82, 2.24) is 9.88 Å².